The molecule has 128 valence electrons. The highest BCUT2D eigenvalue weighted by Crippen LogP contribution is 2.28. The summed E-state index contributed by atoms with van der Waals surface area (Å²) in [6, 6.07) is 13.9. The first-order valence-corrected chi connectivity index (χ1v) is 8.04. The van der Waals surface area contributed by atoms with Gasteiger partial charge in [-0.25, -0.2) is 0 Å². The number of hydrogen-bond acceptors (Lipinski definition) is 4. The average molecular weight is 327 g/mol. The average Bonchev–Trinajstić information content (AvgIpc) is 2.61. The fourth-order valence-electron chi connectivity index (χ4n) is 2.42. The number of allylic oxidation sites excluding steroid dienone is 1. The second-order valence-corrected chi connectivity index (χ2v) is 5.31. The normalized spacial score (nSPS) is 10.2. The molecule has 24 heavy (non-hydrogen) atoms. The van der Waals surface area contributed by atoms with Gasteiger partial charge >= 0.3 is 0 Å². The van der Waals surface area contributed by atoms with Gasteiger partial charge in [-0.3, -0.25) is 0 Å². The summed E-state index contributed by atoms with van der Waals surface area (Å²) < 4.78 is 17.0. The zero-order valence-electron chi connectivity index (χ0n) is 14.4. The molecule has 1 N–H and O–H groups in total. The van der Waals surface area contributed by atoms with E-state index >= 15 is 0 Å². The summed E-state index contributed by atoms with van der Waals surface area (Å²) in [6.45, 7) is 5.47. The molecule has 0 atom stereocenters. The van der Waals surface area contributed by atoms with Crippen LogP contribution in [0.25, 0.3) is 0 Å². The Kier molecular flexibility index (Phi) is 7.18. The number of nitrogens with one attached hydrogen (secondary N) is 1. The van der Waals surface area contributed by atoms with Crippen molar-refractivity contribution in [3.63, 3.8) is 0 Å². The number of ether oxygens (including phenoxy) is 3. The molecule has 0 bridgehead atoms. The Balaban J connectivity index is 1.92. The highest BCUT2D eigenvalue weighted by atomic mass is 16.5. The summed E-state index contributed by atoms with van der Waals surface area (Å²) in [5.41, 5.74) is 2.27. The van der Waals surface area contributed by atoms with Gasteiger partial charge in [0.15, 0.2) is 11.5 Å². The Morgan fingerprint density at radius 3 is 2.46 bits per heavy atom. The van der Waals surface area contributed by atoms with Crippen LogP contribution in [0.3, 0.4) is 0 Å². The van der Waals surface area contributed by atoms with E-state index in [-0.39, 0.29) is 0 Å². The number of para-hydroxylation sites is 1. The van der Waals surface area contributed by atoms with E-state index < -0.39 is 0 Å². The summed E-state index contributed by atoms with van der Waals surface area (Å²) in [5, 5.41) is 3.13. The second kappa shape index (κ2) is 9.63. The van der Waals surface area contributed by atoms with Gasteiger partial charge in [-0.15, -0.1) is 6.58 Å². The number of benzene rings is 2. The third-order valence-electron chi connectivity index (χ3n) is 3.54. The van der Waals surface area contributed by atoms with Crippen LogP contribution in [-0.2, 0) is 13.0 Å². The lowest BCUT2D eigenvalue weighted by molar-refractivity contribution is 0.210. The molecule has 4 heteroatoms. The molecular formula is C20H25NO3. The molecule has 0 saturated heterocycles. The highest BCUT2D eigenvalue weighted by molar-refractivity contribution is 5.43. The zero-order chi connectivity index (χ0) is 17.2. The van der Waals surface area contributed by atoms with Crippen LogP contribution < -0.4 is 19.5 Å². The van der Waals surface area contributed by atoms with Gasteiger partial charge in [0.1, 0.15) is 19.0 Å². The van der Waals surface area contributed by atoms with Crippen molar-refractivity contribution < 1.29 is 14.2 Å². The van der Waals surface area contributed by atoms with Crippen molar-refractivity contribution >= 4 is 0 Å². The molecule has 2 aromatic carbocycles. The van der Waals surface area contributed by atoms with Crippen LogP contribution in [-0.4, -0.2) is 27.4 Å². The molecule has 0 aliphatic carbocycles. The quantitative estimate of drug-likeness (QED) is 0.535. The van der Waals surface area contributed by atoms with E-state index in [1.54, 1.807) is 7.11 Å². The molecule has 0 unspecified atom stereocenters. The van der Waals surface area contributed by atoms with Crippen molar-refractivity contribution in [1.82, 2.24) is 5.32 Å². The summed E-state index contributed by atoms with van der Waals surface area (Å²) in [5.74, 6) is 2.33. The van der Waals surface area contributed by atoms with Crippen LogP contribution in [0.1, 0.15) is 11.1 Å². The van der Waals surface area contributed by atoms with Gasteiger partial charge in [0.2, 0.25) is 0 Å². The van der Waals surface area contributed by atoms with E-state index in [4.69, 9.17) is 14.2 Å². The Bertz CT molecular complexity index is 655. The highest BCUT2D eigenvalue weighted by Gasteiger charge is 2.06. The van der Waals surface area contributed by atoms with E-state index in [1.165, 1.54) is 0 Å². The van der Waals surface area contributed by atoms with Gasteiger partial charge in [0.25, 0.3) is 0 Å². The molecule has 2 rings (SSSR count). The van der Waals surface area contributed by atoms with Crippen molar-refractivity contribution in [2.24, 2.45) is 0 Å². The maximum Gasteiger partial charge on any atom is 0.161 e. The summed E-state index contributed by atoms with van der Waals surface area (Å²) in [6.07, 6.45) is 2.66. The van der Waals surface area contributed by atoms with Crippen LogP contribution in [0.2, 0.25) is 0 Å². The molecule has 0 aliphatic heterocycles. The first kappa shape index (κ1) is 17.9. The van der Waals surface area contributed by atoms with Crippen molar-refractivity contribution in [2.75, 3.05) is 27.4 Å². The first-order valence-electron chi connectivity index (χ1n) is 8.04. The van der Waals surface area contributed by atoms with Crippen molar-refractivity contribution in [2.45, 2.75) is 13.0 Å². The molecule has 2 aromatic rings. The molecule has 0 amide bonds. The Labute approximate surface area is 144 Å². The topological polar surface area (TPSA) is 39.7 Å². The fraction of sp³-hybridized carbons (Fsp3) is 0.300. The van der Waals surface area contributed by atoms with Gasteiger partial charge in [0.05, 0.1) is 7.11 Å². The molecule has 0 radical (unpaired) electrons. The second-order valence-electron chi connectivity index (χ2n) is 5.31. The van der Waals surface area contributed by atoms with Crippen LogP contribution in [0, 0.1) is 0 Å². The minimum atomic E-state index is 0.446. The van der Waals surface area contributed by atoms with Crippen LogP contribution >= 0.6 is 0 Å². The molecule has 0 aliphatic rings. The van der Waals surface area contributed by atoms with E-state index in [0.29, 0.717) is 13.2 Å². The number of methoxy groups -OCH3 is 1. The number of hydrogen-bond donors (Lipinski definition) is 1. The minimum absolute atomic E-state index is 0.446. The Morgan fingerprint density at radius 1 is 1.00 bits per heavy atom. The molecule has 0 spiro atoms. The lowest BCUT2D eigenvalue weighted by Gasteiger charge is -2.14. The van der Waals surface area contributed by atoms with Gasteiger partial charge in [-0.2, -0.15) is 0 Å². The molecule has 0 saturated carbocycles. The molecule has 4 nitrogen and oxygen atoms in total. The lowest BCUT2D eigenvalue weighted by Crippen LogP contribution is -2.11. The molecule has 0 fully saturated rings. The van der Waals surface area contributed by atoms with E-state index in [2.05, 4.69) is 11.9 Å². The monoisotopic (exact) mass is 327 g/mol. The predicted octanol–water partition coefficient (Wildman–Crippen LogP) is 3.60. The SMILES string of the molecule is C=CCc1ccccc1OCCOc1cc(CNC)ccc1OC. The fourth-order valence-corrected chi connectivity index (χ4v) is 2.42. The predicted molar refractivity (Wildman–Crippen MR) is 97.1 cm³/mol. The van der Waals surface area contributed by atoms with Crippen molar-refractivity contribution in [3.8, 4) is 17.2 Å². The van der Waals surface area contributed by atoms with E-state index in [1.807, 2.05) is 55.6 Å². The summed E-state index contributed by atoms with van der Waals surface area (Å²) in [4.78, 5) is 0. The van der Waals surface area contributed by atoms with Gasteiger partial charge < -0.3 is 19.5 Å². The van der Waals surface area contributed by atoms with E-state index in [9.17, 15) is 0 Å². The zero-order valence-corrected chi connectivity index (χ0v) is 14.4. The van der Waals surface area contributed by atoms with Crippen LogP contribution in [0.15, 0.2) is 55.1 Å². The summed E-state index contributed by atoms with van der Waals surface area (Å²) >= 11 is 0. The third-order valence-corrected chi connectivity index (χ3v) is 3.54. The Hall–Kier alpha value is -2.46. The maximum absolute atomic E-state index is 5.84. The standard InChI is InChI=1S/C20H25NO3/c1-4-7-17-8-5-6-9-18(17)23-12-13-24-20-14-16(15-21-2)10-11-19(20)22-3/h4-6,8-11,14,21H,1,7,12-13,15H2,2-3H3. The van der Waals surface area contributed by atoms with Crippen LogP contribution in [0.4, 0.5) is 0 Å². The molecular weight excluding hydrogens is 302 g/mol. The van der Waals surface area contributed by atoms with Gasteiger partial charge in [-0.1, -0.05) is 30.3 Å². The third kappa shape index (κ3) is 5.03. The van der Waals surface area contributed by atoms with Crippen molar-refractivity contribution in [3.05, 3.63) is 66.2 Å². The van der Waals surface area contributed by atoms with Gasteiger partial charge in [0, 0.05) is 6.54 Å². The molecule has 0 heterocycles. The van der Waals surface area contributed by atoms with Crippen molar-refractivity contribution in [1.29, 1.82) is 0 Å². The maximum atomic E-state index is 5.84. The lowest BCUT2D eigenvalue weighted by atomic mass is 10.1. The van der Waals surface area contributed by atoms with Gasteiger partial charge in [-0.05, 0) is 42.8 Å². The minimum Gasteiger partial charge on any atom is -0.493 e. The van der Waals surface area contributed by atoms with Crippen LogP contribution in [0.5, 0.6) is 17.2 Å². The summed E-state index contributed by atoms with van der Waals surface area (Å²) in [7, 11) is 3.56. The Morgan fingerprint density at radius 2 is 1.75 bits per heavy atom. The molecule has 0 aromatic heterocycles. The smallest absolute Gasteiger partial charge is 0.161 e. The first-order chi connectivity index (χ1) is 11.8. The largest absolute Gasteiger partial charge is 0.493 e. The van der Waals surface area contributed by atoms with E-state index in [0.717, 1.165) is 41.3 Å². The number of rotatable bonds is 10.